The number of amides is 1. The van der Waals surface area contributed by atoms with E-state index in [9.17, 15) is 4.79 Å². The number of carbonyl (C=O) groups excluding carboxylic acids is 1. The summed E-state index contributed by atoms with van der Waals surface area (Å²) in [7, 11) is 0. The van der Waals surface area contributed by atoms with Gasteiger partial charge in [-0.3, -0.25) is 9.69 Å². The first-order valence-corrected chi connectivity index (χ1v) is 15.9. The first kappa shape index (κ1) is 27.6. The average molecular weight is 580 g/mol. The summed E-state index contributed by atoms with van der Waals surface area (Å²) in [6.45, 7) is 6.76. The smallest absolute Gasteiger partial charge is 0.286 e. The normalized spacial score (nSPS) is 16.9. The Labute approximate surface area is 250 Å². The van der Waals surface area contributed by atoms with Gasteiger partial charge in [0.25, 0.3) is 5.91 Å². The molecule has 208 valence electrons. The van der Waals surface area contributed by atoms with Crippen LogP contribution in [-0.4, -0.2) is 62.6 Å². The number of thioether (sulfide) groups is 2. The topological polar surface area (TPSA) is 53.7 Å². The van der Waals surface area contributed by atoms with Gasteiger partial charge in [0.1, 0.15) is 0 Å². The third kappa shape index (κ3) is 6.67. The fourth-order valence-corrected chi connectivity index (χ4v) is 6.70. The molecule has 0 aliphatic carbocycles. The monoisotopic (exact) mass is 579 g/mol. The molecule has 0 saturated carbocycles. The minimum absolute atomic E-state index is 0.179. The van der Waals surface area contributed by atoms with E-state index < -0.39 is 0 Å². The zero-order chi connectivity index (χ0) is 28.0. The van der Waals surface area contributed by atoms with Crippen LogP contribution in [0.15, 0.2) is 106 Å². The van der Waals surface area contributed by atoms with Crippen molar-refractivity contribution < 1.29 is 4.79 Å². The maximum absolute atomic E-state index is 13.1. The van der Waals surface area contributed by atoms with Crippen LogP contribution in [0.25, 0.3) is 23.0 Å². The van der Waals surface area contributed by atoms with Crippen molar-refractivity contribution in [3.05, 3.63) is 107 Å². The van der Waals surface area contributed by atoms with E-state index in [1.165, 1.54) is 22.2 Å². The van der Waals surface area contributed by atoms with Crippen molar-refractivity contribution in [1.29, 1.82) is 0 Å². The minimum atomic E-state index is -0.179. The Kier molecular flexibility index (Phi) is 8.70. The second-order valence-corrected chi connectivity index (χ2v) is 12.3. The molecular formula is C33H33N5OS2. The van der Waals surface area contributed by atoms with E-state index in [1.807, 2.05) is 59.0 Å². The molecule has 8 heteroatoms. The number of amidine groups is 1. The maximum Gasteiger partial charge on any atom is 0.286 e. The highest BCUT2D eigenvalue weighted by molar-refractivity contribution is 8.18. The van der Waals surface area contributed by atoms with E-state index in [0.717, 1.165) is 72.6 Å². The van der Waals surface area contributed by atoms with Crippen LogP contribution in [0.3, 0.4) is 0 Å². The largest absolute Gasteiger partial charge is 0.348 e. The van der Waals surface area contributed by atoms with E-state index in [1.54, 1.807) is 0 Å². The van der Waals surface area contributed by atoms with Crippen LogP contribution in [0.5, 0.6) is 0 Å². The number of para-hydroxylation sites is 1. The van der Waals surface area contributed by atoms with Crippen molar-refractivity contribution in [2.75, 3.05) is 31.9 Å². The lowest BCUT2D eigenvalue weighted by Crippen LogP contribution is -2.47. The minimum Gasteiger partial charge on any atom is -0.348 e. The molecule has 0 N–H and O–H groups in total. The third-order valence-electron chi connectivity index (χ3n) is 7.15. The molecule has 41 heavy (non-hydrogen) atoms. The fraction of sp³-hybridized carbons (Fsp3) is 0.242. The van der Waals surface area contributed by atoms with Crippen molar-refractivity contribution in [2.45, 2.75) is 24.8 Å². The molecule has 2 aliphatic heterocycles. The molecule has 0 unspecified atom stereocenters. The van der Waals surface area contributed by atoms with Crippen LogP contribution in [0.4, 0.5) is 0 Å². The third-order valence-corrected chi connectivity index (χ3v) is 9.41. The quantitative estimate of drug-likeness (QED) is 0.169. The summed E-state index contributed by atoms with van der Waals surface area (Å²) in [6, 6.07) is 29.2. The Balaban J connectivity index is 1.20. The highest BCUT2D eigenvalue weighted by atomic mass is 32.2. The van der Waals surface area contributed by atoms with Gasteiger partial charge in [0.2, 0.25) is 0 Å². The molecule has 2 aliphatic rings. The summed E-state index contributed by atoms with van der Waals surface area (Å²) in [4.78, 5) is 24.1. The molecule has 0 spiro atoms. The number of rotatable bonds is 8. The molecule has 6 nitrogen and oxygen atoms in total. The number of nitrogens with zero attached hydrogens (tertiary/aromatic N) is 5. The molecule has 4 aromatic rings. The fourth-order valence-electron chi connectivity index (χ4n) is 4.97. The molecule has 1 fully saturated rings. The summed E-state index contributed by atoms with van der Waals surface area (Å²) in [5, 5.41) is 5.75. The number of carbonyl (C=O) groups is 1. The van der Waals surface area contributed by atoms with E-state index in [-0.39, 0.29) is 5.91 Å². The molecule has 0 bridgehead atoms. The Bertz CT molecular complexity index is 1540. The van der Waals surface area contributed by atoms with E-state index in [2.05, 4.69) is 76.3 Å². The number of aromatic nitrogens is 2. The number of hydrogen-bond donors (Lipinski definition) is 0. The second-order valence-electron chi connectivity index (χ2n) is 10.1. The predicted molar refractivity (Wildman–Crippen MR) is 171 cm³/mol. The molecule has 1 aromatic heterocycles. The van der Waals surface area contributed by atoms with Gasteiger partial charge in [-0.1, -0.05) is 67.6 Å². The van der Waals surface area contributed by atoms with Crippen LogP contribution in [0.2, 0.25) is 0 Å². The lowest BCUT2D eigenvalue weighted by atomic mass is 10.1. The van der Waals surface area contributed by atoms with Gasteiger partial charge >= 0.3 is 0 Å². The zero-order valence-corrected chi connectivity index (χ0v) is 24.8. The predicted octanol–water partition coefficient (Wildman–Crippen LogP) is 6.83. The molecule has 3 aromatic carbocycles. The van der Waals surface area contributed by atoms with Crippen molar-refractivity contribution in [1.82, 2.24) is 19.6 Å². The Morgan fingerprint density at radius 2 is 1.61 bits per heavy atom. The first-order valence-electron chi connectivity index (χ1n) is 14.1. The first-order chi connectivity index (χ1) is 20.2. The lowest BCUT2D eigenvalue weighted by Gasteiger charge is -2.35. The van der Waals surface area contributed by atoms with Gasteiger partial charge in [-0.25, -0.2) is 4.68 Å². The van der Waals surface area contributed by atoms with Gasteiger partial charge in [0.15, 0.2) is 5.17 Å². The molecule has 3 heterocycles. The molecule has 1 amide bonds. The summed E-state index contributed by atoms with van der Waals surface area (Å²) < 4.78 is 1.89. The molecule has 0 atom stereocenters. The SMILES string of the molecule is CCCSc1ccc(-c2nn(-c3ccccc3)cc2C=C2SC(N3CCN(Cc4ccccc4)CC3)=NC2=O)cc1. The molecule has 1 saturated heterocycles. The zero-order valence-electron chi connectivity index (χ0n) is 23.1. The Morgan fingerprint density at radius 1 is 0.902 bits per heavy atom. The van der Waals surface area contributed by atoms with Gasteiger partial charge in [0.05, 0.1) is 16.3 Å². The van der Waals surface area contributed by atoms with E-state index in [4.69, 9.17) is 5.10 Å². The van der Waals surface area contributed by atoms with Gasteiger partial charge in [-0.15, -0.1) is 11.8 Å². The molecule has 0 radical (unpaired) electrons. The van der Waals surface area contributed by atoms with Gasteiger partial charge in [-0.05, 0) is 59.8 Å². The summed E-state index contributed by atoms with van der Waals surface area (Å²) in [6.07, 6.45) is 5.10. The van der Waals surface area contributed by atoms with Crippen LogP contribution in [0, 0.1) is 0 Å². The van der Waals surface area contributed by atoms with E-state index in [0.29, 0.717) is 4.91 Å². The van der Waals surface area contributed by atoms with E-state index >= 15 is 0 Å². The molecule has 6 rings (SSSR count). The summed E-state index contributed by atoms with van der Waals surface area (Å²) in [5.41, 5.74) is 5.09. The lowest BCUT2D eigenvalue weighted by molar-refractivity contribution is -0.113. The maximum atomic E-state index is 13.1. The number of benzene rings is 3. The number of piperazine rings is 1. The van der Waals surface area contributed by atoms with Crippen molar-refractivity contribution in [2.24, 2.45) is 4.99 Å². The van der Waals surface area contributed by atoms with Crippen LogP contribution in [0.1, 0.15) is 24.5 Å². The Hall–Kier alpha value is -3.59. The average Bonchev–Trinajstić information content (AvgIpc) is 3.61. The highest BCUT2D eigenvalue weighted by Gasteiger charge is 2.29. The number of aliphatic imine (C=N–C) groups is 1. The summed E-state index contributed by atoms with van der Waals surface area (Å²) >= 11 is 3.34. The van der Waals surface area contributed by atoms with Gasteiger partial charge in [0, 0.05) is 54.9 Å². The van der Waals surface area contributed by atoms with Crippen LogP contribution in [-0.2, 0) is 11.3 Å². The summed E-state index contributed by atoms with van der Waals surface area (Å²) in [5.74, 6) is 0.921. The van der Waals surface area contributed by atoms with Crippen molar-refractivity contribution in [3.8, 4) is 16.9 Å². The Morgan fingerprint density at radius 3 is 2.32 bits per heavy atom. The number of hydrogen-bond acceptors (Lipinski definition) is 6. The van der Waals surface area contributed by atoms with Crippen LogP contribution >= 0.6 is 23.5 Å². The van der Waals surface area contributed by atoms with Gasteiger partial charge in [-0.2, -0.15) is 10.1 Å². The highest BCUT2D eigenvalue weighted by Crippen LogP contribution is 2.34. The van der Waals surface area contributed by atoms with Gasteiger partial charge < -0.3 is 4.90 Å². The van der Waals surface area contributed by atoms with Crippen LogP contribution < -0.4 is 0 Å². The van der Waals surface area contributed by atoms with Crippen molar-refractivity contribution in [3.63, 3.8) is 0 Å². The standard InChI is InChI=1S/C33H33N5OS2/c1-2-21-40-29-15-13-26(14-16-29)31-27(24-38(35-31)28-11-7-4-8-12-28)22-30-32(39)34-33(41-30)37-19-17-36(18-20-37)23-25-9-5-3-6-10-25/h3-16,22,24H,2,17-21,23H2,1H3. The second kappa shape index (κ2) is 12.9. The van der Waals surface area contributed by atoms with Crippen molar-refractivity contribution >= 4 is 40.7 Å². The molecular weight excluding hydrogens is 547 g/mol.